The Morgan fingerprint density at radius 3 is 2.88 bits per heavy atom. The third-order valence-corrected chi connectivity index (χ3v) is 4.95. The van der Waals surface area contributed by atoms with Gasteiger partial charge in [0.05, 0.1) is 12.1 Å². The van der Waals surface area contributed by atoms with Crippen molar-refractivity contribution in [2.45, 2.75) is 37.2 Å². The van der Waals surface area contributed by atoms with E-state index in [9.17, 15) is 9.90 Å². The predicted molar refractivity (Wildman–Crippen MR) is 66.5 cm³/mol. The molecule has 0 aromatic rings. The molecule has 0 bridgehead atoms. The van der Waals surface area contributed by atoms with E-state index in [4.69, 9.17) is 11.6 Å². The van der Waals surface area contributed by atoms with Crippen LogP contribution < -0.4 is 5.32 Å². The molecule has 0 spiro atoms. The van der Waals surface area contributed by atoms with E-state index in [1.165, 1.54) is 11.8 Å². The van der Waals surface area contributed by atoms with E-state index >= 15 is 0 Å². The number of alkyl halides is 1. The summed E-state index contributed by atoms with van der Waals surface area (Å²) in [7, 11) is 0. The number of hydrogen-bond acceptors (Lipinski definition) is 3. The minimum absolute atomic E-state index is 0.0267. The molecule has 2 N–H and O–H groups in total. The average Bonchev–Trinajstić information content (AvgIpc) is 2.52. The van der Waals surface area contributed by atoms with E-state index in [0.29, 0.717) is 5.88 Å². The fourth-order valence-electron chi connectivity index (χ4n) is 2.32. The summed E-state index contributed by atoms with van der Waals surface area (Å²) in [6, 6.07) is -0.0267. The van der Waals surface area contributed by atoms with Gasteiger partial charge in [-0.25, -0.2) is 0 Å². The SMILES string of the molecule is CC(C)[C@H](O)[C@@]12SC=C(CCCl)[C@@H]1NC2=O. The molecule has 1 amide bonds. The zero-order valence-electron chi connectivity index (χ0n) is 9.37. The van der Waals surface area contributed by atoms with E-state index in [2.05, 4.69) is 5.32 Å². The van der Waals surface area contributed by atoms with Crippen molar-refractivity contribution in [2.24, 2.45) is 5.92 Å². The number of amides is 1. The van der Waals surface area contributed by atoms with Crippen LogP contribution in [0.5, 0.6) is 0 Å². The second-order valence-electron chi connectivity index (χ2n) is 4.64. The normalized spacial score (nSPS) is 34.2. The fourth-order valence-corrected chi connectivity index (χ4v) is 4.06. The van der Waals surface area contributed by atoms with E-state index in [1.54, 1.807) is 0 Å². The second-order valence-corrected chi connectivity index (χ2v) is 6.16. The molecule has 1 fully saturated rings. The van der Waals surface area contributed by atoms with Crippen molar-refractivity contribution in [1.82, 2.24) is 5.32 Å². The van der Waals surface area contributed by atoms with Crippen LogP contribution in [-0.2, 0) is 4.79 Å². The molecule has 90 valence electrons. The molecule has 2 aliphatic rings. The number of fused-ring (bicyclic) bond motifs is 1. The third kappa shape index (κ3) is 1.50. The number of thioether (sulfide) groups is 1. The Bertz CT molecular complexity index is 345. The number of carbonyl (C=O) groups is 1. The summed E-state index contributed by atoms with van der Waals surface area (Å²) in [5.41, 5.74) is 1.14. The zero-order valence-corrected chi connectivity index (χ0v) is 10.9. The van der Waals surface area contributed by atoms with Crippen molar-refractivity contribution < 1.29 is 9.90 Å². The summed E-state index contributed by atoms with van der Waals surface area (Å²) in [6.07, 6.45) is 0.159. The maximum atomic E-state index is 11.8. The van der Waals surface area contributed by atoms with Crippen molar-refractivity contribution in [2.75, 3.05) is 5.88 Å². The average molecular weight is 262 g/mol. The highest BCUT2D eigenvalue weighted by atomic mass is 35.5. The highest BCUT2D eigenvalue weighted by molar-refractivity contribution is 8.04. The van der Waals surface area contributed by atoms with Crippen LogP contribution in [-0.4, -0.2) is 33.8 Å². The molecule has 5 heteroatoms. The standard InChI is InChI=1S/C11H16ClNO2S/c1-6(2)9(14)11-8(13-10(11)15)7(3-4-12)5-16-11/h5-6,8-9,14H,3-4H2,1-2H3,(H,13,15)/t8-,9-,11-/m0/s1. The Balaban J connectivity index is 2.19. The number of aliphatic hydroxyl groups is 1. The summed E-state index contributed by atoms with van der Waals surface area (Å²) in [4.78, 5) is 11.8. The quantitative estimate of drug-likeness (QED) is 0.596. The van der Waals surface area contributed by atoms with Crippen molar-refractivity contribution in [1.29, 1.82) is 0 Å². The van der Waals surface area contributed by atoms with Crippen LogP contribution in [0, 0.1) is 5.92 Å². The zero-order chi connectivity index (χ0) is 11.9. The molecule has 0 unspecified atom stereocenters. The van der Waals surface area contributed by atoms with Gasteiger partial charge in [-0.1, -0.05) is 13.8 Å². The lowest BCUT2D eigenvalue weighted by Crippen LogP contribution is -2.74. The largest absolute Gasteiger partial charge is 0.391 e. The van der Waals surface area contributed by atoms with Crippen molar-refractivity contribution >= 4 is 29.3 Å². The maximum absolute atomic E-state index is 11.8. The van der Waals surface area contributed by atoms with Crippen molar-refractivity contribution in [3.8, 4) is 0 Å². The Morgan fingerprint density at radius 1 is 1.69 bits per heavy atom. The summed E-state index contributed by atoms with van der Waals surface area (Å²) in [5.74, 6) is 0.571. The van der Waals surface area contributed by atoms with Crippen LogP contribution >= 0.6 is 23.4 Å². The van der Waals surface area contributed by atoms with Gasteiger partial charge in [-0.3, -0.25) is 4.79 Å². The summed E-state index contributed by atoms with van der Waals surface area (Å²) < 4.78 is -0.685. The highest BCUT2D eigenvalue weighted by Gasteiger charge is 2.63. The summed E-state index contributed by atoms with van der Waals surface area (Å²) in [6.45, 7) is 3.87. The van der Waals surface area contributed by atoms with Gasteiger partial charge in [0, 0.05) is 5.88 Å². The third-order valence-electron chi connectivity index (χ3n) is 3.29. The number of hydrogen-bond donors (Lipinski definition) is 2. The second kappa shape index (κ2) is 4.24. The Labute approximate surface area is 105 Å². The summed E-state index contributed by atoms with van der Waals surface area (Å²) >= 11 is 7.17. The molecular formula is C11H16ClNO2S. The molecule has 2 aliphatic heterocycles. The molecular weight excluding hydrogens is 246 g/mol. The lowest BCUT2D eigenvalue weighted by atomic mass is 9.76. The van der Waals surface area contributed by atoms with E-state index in [-0.39, 0.29) is 17.9 Å². The topological polar surface area (TPSA) is 49.3 Å². The van der Waals surface area contributed by atoms with Gasteiger partial charge in [0.25, 0.3) is 0 Å². The molecule has 2 rings (SSSR count). The molecule has 1 saturated heterocycles. The Morgan fingerprint density at radius 2 is 2.38 bits per heavy atom. The Kier molecular flexibility index (Phi) is 3.25. The molecule has 0 aromatic carbocycles. The van der Waals surface area contributed by atoms with Crippen LogP contribution in [0.2, 0.25) is 0 Å². The number of nitrogens with one attached hydrogen (secondary N) is 1. The van der Waals surface area contributed by atoms with Gasteiger partial charge >= 0.3 is 0 Å². The van der Waals surface area contributed by atoms with E-state index in [1.807, 2.05) is 19.3 Å². The van der Waals surface area contributed by atoms with Gasteiger partial charge in [-0.15, -0.1) is 23.4 Å². The first-order chi connectivity index (χ1) is 7.54. The van der Waals surface area contributed by atoms with E-state index < -0.39 is 10.9 Å². The van der Waals surface area contributed by atoms with Crippen molar-refractivity contribution in [3.05, 3.63) is 11.0 Å². The molecule has 0 aliphatic carbocycles. The molecule has 3 atom stereocenters. The first kappa shape index (κ1) is 12.3. The lowest BCUT2D eigenvalue weighted by molar-refractivity contribution is -0.137. The number of β-lactam (4-membered cyclic amide) rings is 1. The Hall–Kier alpha value is -0.190. The molecule has 3 nitrogen and oxygen atoms in total. The van der Waals surface area contributed by atoms with Gasteiger partial charge in [0.2, 0.25) is 5.91 Å². The molecule has 16 heavy (non-hydrogen) atoms. The number of rotatable bonds is 4. The number of aliphatic hydroxyl groups excluding tert-OH is 1. The smallest absolute Gasteiger partial charge is 0.242 e. The van der Waals surface area contributed by atoms with Gasteiger partial charge in [0.1, 0.15) is 4.75 Å². The van der Waals surface area contributed by atoms with Gasteiger partial charge in [-0.05, 0) is 23.3 Å². The monoisotopic (exact) mass is 261 g/mol. The molecule has 0 saturated carbocycles. The fraction of sp³-hybridized carbons (Fsp3) is 0.727. The van der Waals surface area contributed by atoms with Gasteiger partial charge < -0.3 is 10.4 Å². The maximum Gasteiger partial charge on any atom is 0.242 e. The number of carbonyl (C=O) groups excluding carboxylic acids is 1. The lowest BCUT2D eigenvalue weighted by Gasteiger charge is -2.48. The first-order valence-electron chi connectivity index (χ1n) is 5.45. The molecule has 0 radical (unpaired) electrons. The van der Waals surface area contributed by atoms with Crippen molar-refractivity contribution in [3.63, 3.8) is 0 Å². The predicted octanol–water partition coefficient (Wildman–Crippen LogP) is 1.50. The first-order valence-corrected chi connectivity index (χ1v) is 6.87. The van der Waals surface area contributed by atoms with Crippen LogP contribution in [0.4, 0.5) is 0 Å². The van der Waals surface area contributed by atoms with Crippen LogP contribution in [0.1, 0.15) is 20.3 Å². The van der Waals surface area contributed by atoms with E-state index in [0.717, 1.165) is 12.0 Å². The minimum Gasteiger partial charge on any atom is -0.391 e. The van der Waals surface area contributed by atoms with Crippen LogP contribution in [0.3, 0.4) is 0 Å². The summed E-state index contributed by atoms with van der Waals surface area (Å²) in [5, 5.41) is 15.1. The molecule has 2 heterocycles. The number of halogens is 1. The van der Waals surface area contributed by atoms with Crippen LogP contribution in [0.25, 0.3) is 0 Å². The molecule has 0 aromatic heterocycles. The van der Waals surface area contributed by atoms with Gasteiger partial charge in [0.15, 0.2) is 0 Å². The van der Waals surface area contributed by atoms with Crippen LogP contribution in [0.15, 0.2) is 11.0 Å². The van der Waals surface area contributed by atoms with Gasteiger partial charge in [-0.2, -0.15) is 0 Å². The highest BCUT2D eigenvalue weighted by Crippen LogP contribution is 2.51. The minimum atomic E-state index is -0.685.